The van der Waals surface area contributed by atoms with E-state index in [0.29, 0.717) is 5.95 Å². The molecule has 2 aromatic rings. The third-order valence-corrected chi connectivity index (χ3v) is 3.07. The Hall–Kier alpha value is -1.95. The van der Waals surface area contributed by atoms with E-state index in [1.165, 1.54) is 11.3 Å². The molecular formula is C11H11N3O2S. The van der Waals surface area contributed by atoms with Crippen molar-refractivity contribution in [2.75, 3.05) is 5.32 Å². The van der Waals surface area contributed by atoms with Crippen LogP contribution >= 0.6 is 11.3 Å². The van der Waals surface area contributed by atoms with Crippen molar-refractivity contribution < 1.29 is 9.90 Å². The van der Waals surface area contributed by atoms with Crippen LogP contribution in [-0.2, 0) is 4.79 Å². The van der Waals surface area contributed by atoms with Gasteiger partial charge in [0.1, 0.15) is 0 Å². The first-order valence-corrected chi connectivity index (χ1v) is 5.86. The molecule has 1 atom stereocenters. The monoisotopic (exact) mass is 249 g/mol. The number of rotatable bonds is 4. The molecule has 2 heterocycles. The second kappa shape index (κ2) is 4.92. The smallest absolute Gasteiger partial charge is 0.331 e. The van der Waals surface area contributed by atoms with E-state index in [-0.39, 0.29) is 0 Å². The number of hydrogen-bond donors (Lipinski definition) is 2. The number of nitrogens with one attached hydrogen (secondary N) is 1. The second-order valence-corrected chi connectivity index (χ2v) is 4.49. The largest absolute Gasteiger partial charge is 0.479 e. The maximum atomic E-state index is 11.2. The van der Waals surface area contributed by atoms with Crippen LogP contribution in [0.2, 0.25) is 0 Å². The Balaban J connectivity index is 2.19. The lowest BCUT2D eigenvalue weighted by Gasteiger charge is -2.12. The van der Waals surface area contributed by atoms with Crippen LogP contribution in [0.4, 0.5) is 5.95 Å². The zero-order chi connectivity index (χ0) is 12.3. The predicted octanol–water partition coefficient (Wildman–Crippen LogP) is 2.08. The molecule has 0 saturated heterocycles. The van der Waals surface area contributed by atoms with Gasteiger partial charge in [-0.2, -0.15) is 0 Å². The molecule has 6 heteroatoms. The van der Waals surface area contributed by atoms with Crippen molar-refractivity contribution in [1.82, 2.24) is 9.97 Å². The molecule has 1 unspecified atom stereocenters. The number of carbonyl (C=O) groups is 1. The lowest BCUT2D eigenvalue weighted by Crippen LogP contribution is -2.20. The van der Waals surface area contributed by atoms with E-state index in [9.17, 15) is 4.79 Å². The molecule has 88 valence electrons. The average Bonchev–Trinajstić information content (AvgIpc) is 2.81. The number of aryl methyl sites for hydroxylation is 1. The highest BCUT2D eigenvalue weighted by molar-refractivity contribution is 7.10. The van der Waals surface area contributed by atoms with Gasteiger partial charge in [-0.1, -0.05) is 6.07 Å². The molecule has 17 heavy (non-hydrogen) atoms. The summed E-state index contributed by atoms with van der Waals surface area (Å²) in [6, 6.07) is 2.77. The minimum atomic E-state index is -0.948. The molecule has 0 fully saturated rings. The minimum absolute atomic E-state index is 0.316. The van der Waals surface area contributed by atoms with Crippen molar-refractivity contribution in [2.45, 2.75) is 13.0 Å². The first-order valence-electron chi connectivity index (χ1n) is 4.98. The number of nitrogens with zero attached hydrogens (tertiary/aromatic N) is 2. The summed E-state index contributed by atoms with van der Waals surface area (Å²) in [7, 11) is 0. The molecule has 0 amide bonds. The van der Waals surface area contributed by atoms with Gasteiger partial charge in [0.2, 0.25) is 5.95 Å². The lowest BCUT2D eigenvalue weighted by atomic mass is 10.2. The fourth-order valence-corrected chi connectivity index (χ4v) is 2.07. The predicted molar refractivity (Wildman–Crippen MR) is 65.1 cm³/mol. The number of aromatic nitrogens is 2. The molecule has 5 nitrogen and oxygen atoms in total. The van der Waals surface area contributed by atoms with Crippen LogP contribution in [0.25, 0.3) is 0 Å². The number of carboxylic acid groups (broad SMARTS) is 1. The van der Waals surface area contributed by atoms with Gasteiger partial charge >= 0.3 is 5.97 Å². The van der Waals surface area contributed by atoms with Crippen LogP contribution in [0, 0.1) is 6.92 Å². The quantitative estimate of drug-likeness (QED) is 0.867. The summed E-state index contributed by atoms with van der Waals surface area (Å²) < 4.78 is 0. The number of anilines is 1. The van der Waals surface area contributed by atoms with E-state index in [1.54, 1.807) is 18.5 Å². The van der Waals surface area contributed by atoms with Crippen molar-refractivity contribution >= 4 is 23.3 Å². The lowest BCUT2D eigenvalue weighted by molar-refractivity contribution is -0.138. The third kappa shape index (κ3) is 2.79. The Morgan fingerprint density at radius 3 is 2.71 bits per heavy atom. The molecule has 0 aliphatic rings. The van der Waals surface area contributed by atoms with Crippen LogP contribution in [0.3, 0.4) is 0 Å². The number of aliphatic carboxylic acids is 1. The van der Waals surface area contributed by atoms with Crippen molar-refractivity contribution in [3.8, 4) is 0 Å². The van der Waals surface area contributed by atoms with E-state index < -0.39 is 12.0 Å². The maximum absolute atomic E-state index is 11.2. The summed E-state index contributed by atoms with van der Waals surface area (Å²) >= 11 is 1.38. The fraction of sp³-hybridized carbons (Fsp3) is 0.182. The van der Waals surface area contributed by atoms with Gasteiger partial charge in [-0.25, -0.2) is 14.8 Å². The molecule has 0 aliphatic carbocycles. The molecular weight excluding hydrogens is 238 g/mol. The van der Waals surface area contributed by atoms with E-state index in [0.717, 1.165) is 10.4 Å². The van der Waals surface area contributed by atoms with Gasteiger partial charge in [0, 0.05) is 17.3 Å². The molecule has 2 rings (SSSR count). The van der Waals surface area contributed by atoms with Gasteiger partial charge in [0.25, 0.3) is 0 Å². The van der Waals surface area contributed by atoms with Crippen molar-refractivity contribution in [3.63, 3.8) is 0 Å². The molecule has 2 aromatic heterocycles. The number of carboxylic acids is 1. The normalized spacial score (nSPS) is 12.1. The Morgan fingerprint density at radius 1 is 1.47 bits per heavy atom. The van der Waals surface area contributed by atoms with Crippen molar-refractivity contribution in [2.24, 2.45) is 0 Å². The van der Waals surface area contributed by atoms with E-state index in [4.69, 9.17) is 5.11 Å². The highest BCUT2D eigenvalue weighted by Gasteiger charge is 2.21. The number of hydrogen-bond acceptors (Lipinski definition) is 5. The first kappa shape index (κ1) is 11.5. The van der Waals surface area contributed by atoms with Crippen LogP contribution in [0.15, 0.2) is 29.9 Å². The summed E-state index contributed by atoms with van der Waals surface area (Å²) in [6.07, 6.45) is 3.28. The number of thiophene rings is 1. The van der Waals surface area contributed by atoms with Crippen molar-refractivity contribution in [3.05, 3.63) is 40.3 Å². The summed E-state index contributed by atoms with van der Waals surface area (Å²) in [5.41, 5.74) is 0.929. The van der Waals surface area contributed by atoms with Crippen LogP contribution < -0.4 is 5.32 Å². The average molecular weight is 249 g/mol. The SMILES string of the molecule is Cc1cnc(NC(C(=O)O)c2cccs2)nc1. The van der Waals surface area contributed by atoms with Gasteiger partial charge in [-0.15, -0.1) is 11.3 Å². The fourth-order valence-electron chi connectivity index (χ4n) is 1.31. The topological polar surface area (TPSA) is 75.1 Å². The molecule has 0 bridgehead atoms. The maximum Gasteiger partial charge on any atom is 0.331 e. The summed E-state index contributed by atoms with van der Waals surface area (Å²) in [5.74, 6) is -0.631. The Morgan fingerprint density at radius 2 is 2.18 bits per heavy atom. The van der Waals surface area contributed by atoms with E-state index in [1.807, 2.05) is 18.4 Å². The van der Waals surface area contributed by atoms with Crippen LogP contribution in [0.5, 0.6) is 0 Å². The molecule has 0 spiro atoms. The van der Waals surface area contributed by atoms with E-state index in [2.05, 4.69) is 15.3 Å². The van der Waals surface area contributed by atoms with Gasteiger partial charge < -0.3 is 10.4 Å². The third-order valence-electron chi connectivity index (χ3n) is 2.13. The van der Waals surface area contributed by atoms with Crippen LogP contribution in [0.1, 0.15) is 16.5 Å². The second-order valence-electron chi connectivity index (χ2n) is 3.52. The highest BCUT2D eigenvalue weighted by atomic mass is 32.1. The van der Waals surface area contributed by atoms with Gasteiger partial charge in [0.05, 0.1) is 0 Å². The molecule has 0 radical (unpaired) electrons. The molecule has 0 saturated carbocycles. The zero-order valence-electron chi connectivity index (χ0n) is 9.12. The standard InChI is InChI=1S/C11H11N3O2S/c1-7-5-12-11(13-6-7)14-9(10(15)16)8-3-2-4-17-8/h2-6,9H,1H3,(H,15,16)(H,12,13,14). The van der Waals surface area contributed by atoms with Crippen molar-refractivity contribution in [1.29, 1.82) is 0 Å². The molecule has 0 aliphatic heterocycles. The van der Waals surface area contributed by atoms with Crippen LogP contribution in [-0.4, -0.2) is 21.0 Å². The zero-order valence-corrected chi connectivity index (χ0v) is 9.94. The Labute approximate surface area is 102 Å². The molecule has 2 N–H and O–H groups in total. The summed E-state index contributed by atoms with van der Waals surface area (Å²) in [6.45, 7) is 1.87. The minimum Gasteiger partial charge on any atom is -0.479 e. The summed E-state index contributed by atoms with van der Waals surface area (Å²) in [4.78, 5) is 19.9. The van der Waals surface area contributed by atoms with Gasteiger partial charge in [-0.05, 0) is 23.9 Å². The van der Waals surface area contributed by atoms with Gasteiger partial charge in [-0.3, -0.25) is 0 Å². The van der Waals surface area contributed by atoms with Gasteiger partial charge in [0.15, 0.2) is 6.04 Å². The Kier molecular flexibility index (Phi) is 3.34. The first-order chi connectivity index (χ1) is 8.16. The summed E-state index contributed by atoms with van der Waals surface area (Å²) in [5, 5.41) is 13.8. The highest BCUT2D eigenvalue weighted by Crippen LogP contribution is 2.22. The van der Waals surface area contributed by atoms with E-state index >= 15 is 0 Å². The Bertz CT molecular complexity index is 496. The molecule has 0 aromatic carbocycles.